The fraction of sp³-hybridized carbons (Fsp3) is 0.450. The van der Waals surface area contributed by atoms with E-state index in [1.54, 1.807) is 0 Å². The van der Waals surface area contributed by atoms with E-state index in [2.05, 4.69) is 154 Å². The van der Waals surface area contributed by atoms with Crippen molar-refractivity contribution in [1.29, 1.82) is 0 Å². The molecule has 0 unspecified atom stereocenters. The summed E-state index contributed by atoms with van der Waals surface area (Å²) in [4.78, 5) is 0. The molecule has 228 valence electrons. The summed E-state index contributed by atoms with van der Waals surface area (Å²) in [6.07, 6.45) is 32.6. The fourth-order valence-electron chi connectivity index (χ4n) is 6.13. The van der Waals surface area contributed by atoms with Crippen molar-refractivity contribution in [2.75, 3.05) is 0 Å². The standard InChI is InChI=1S/C40H56O2/c1-29(17-13-19-31(3)21-23-37-33(5)25-35(41)27-39(37,7)8)15-11-12-16-30(2)18-14-20-32(4)22-24-38-34(6)26-36(42)28-40(38,9)10/h11-24,35-36,41-42H,25-28H2,1-10H3/b12-11+,17-13-,18-14+,23-21+,24-22+,29-15-,30-16-,31-19-,32-20-/t35-,36+/m1/s1. The molecule has 0 aliphatic heterocycles. The van der Waals surface area contributed by atoms with Gasteiger partial charge in [-0.1, -0.05) is 146 Å². The Balaban J connectivity index is 1.90. The number of hydrogen-bond donors (Lipinski definition) is 2. The van der Waals surface area contributed by atoms with Gasteiger partial charge in [-0.05, 0) is 89.2 Å². The Labute approximate surface area is 257 Å². The van der Waals surface area contributed by atoms with Crippen molar-refractivity contribution in [1.82, 2.24) is 0 Å². The predicted octanol–water partition coefficient (Wildman–Crippen LogP) is 10.5. The molecule has 2 N–H and O–H groups in total. The second-order valence-electron chi connectivity index (χ2n) is 13.7. The van der Waals surface area contributed by atoms with Gasteiger partial charge in [-0.25, -0.2) is 0 Å². The van der Waals surface area contributed by atoms with Crippen molar-refractivity contribution in [3.8, 4) is 0 Å². The molecule has 2 heteroatoms. The smallest absolute Gasteiger partial charge is 0.0585 e. The maximum absolute atomic E-state index is 10.1. The summed E-state index contributed by atoms with van der Waals surface area (Å²) in [5.74, 6) is 0. The molecule has 2 rings (SSSR count). The van der Waals surface area contributed by atoms with Crippen LogP contribution in [-0.2, 0) is 0 Å². The number of aliphatic hydroxyl groups is 2. The highest BCUT2D eigenvalue weighted by Gasteiger charge is 2.32. The molecule has 2 atom stereocenters. The second kappa shape index (κ2) is 16.1. The van der Waals surface area contributed by atoms with Crippen molar-refractivity contribution in [3.63, 3.8) is 0 Å². The third kappa shape index (κ3) is 11.7. The minimum absolute atomic E-state index is 0.00547. The average molecular weight is 569 g/mol. The Morgan fingerprint density at radius 2 is 0.857 bits per heavy atom. The molecule has 0 aromatic heterocycles. The van der Waals surface area contributed by atoms with Crippen LogP contribution in [0.15, 0.2) is 130 Å². The molecule has 0 radical (unpaired) electrons. The first-order valence-corrected chi connectivity index (χ1v) is 15.5. The van der Waals surface area contributed by atoms with Crippen LogP contribution in [0.2, 0.25) is 0 Å². The third-order valence-corrected chi connectivity index (χ3v) is 8.24. The van der Waals surface area contributed by atoms with E-state index in [0.717, 1.165) is 25.7 Å². The first kappa shape index (κ1) is 35.3. The summed E-state index contributed by atoms with van der Waals surface area (Å²) >= 11 is 0. The molecule has 42 heavy (non-hydrogen) atoms. The molecule has 0 aromatic rings. The van der Waals surface area contributed by atoms with Crippen molar-refractivity contribution in [2.45, 2.75) is 107 Å². The van der Waals surface area contributed by atoms with Gasteiger partial charge in [-0.2, -0.15) is 0 Å². The largest absolute Gasteiger partial charge is 0.393 e. The van der Waals surface area contributed by atoms with E-state index in [1.807, 2.05) is 0 Å². The van der Waals surface area contributed by atoms with Gasteiger partial charge in [0.15, 0.2) is 0 Å². The van der Waals surface area contributed by atoms with Crippen LogP contribution < -0.4 is 0 Å². The lowest BCUT2D eigenvalue weighted by Crippen LogP contribution is -2.28. The van der Waals surface area contributed by atoms with E-state index in [9.17, 15) is 10.2 Å². The molecule has 0 saturated carbocycles. The van der Waals surface area contributed by atoms with Crippen LogP contribution in [0.1, 0.15) is 94.9 Å². The first-order chi connectivity index (χ1) is 19.6. The summed E-state index contributed by atoms with van der Waals surface area (Å²) in [5, 5.41) is 20.2. The van der Waals surface area contributed by atoms with Gasteiger partial charge in [0, 0.05) is 0 Å². The summed E-state index contributed by atoms with van der Waals surface area (Å²) in [6, 6.07) is 0. The van der Waals surface area contributed by atoms with E-state index in [4.69, 9.17) is 0 Å². The van der Waals surface area contributed by atoms with Crippen LogP contribution in [0.4, 0.5) is 0 Å². The average Bonchev–Trinajstić information content (AvgIpc) is 2.84. The number of rotatable bonds is 10. The fourth-order valence-corrected chi connectivity index (χ4v) is 6.13. The molecule has 0 amide bonds. The Hall–Kier alpha value is -2.94. The molecular weight excluding hydrogens is 512 g/mol. The normalized spacial score (nSPS) is 25.0. The summed E-state index contributed by atoms with van der Waals surface area (Å²) < 4.78 is 0. The molecule has 0 heterocycles. The zero-order chi connectivity index (χ0) is 31.5. The van der Waals surface area contributed by atoms with Crippen molar-refractivity contribution < 1.29 is 10.2 Å². The summed E-state index contributed by atoms with van der Waals surface area (Å²) in [6.45, 7) is 21.6. The van der Waals surface area contributed by atoms with Crippen molar-refractivity contribution in [2.24, 2.45) is 10.8 Å². The molecule has 0 bridgehead atoms. The number of hydrogen-bond acceptors (Lipinski definition) is 2. The maximum atomic E-state index is 10.1. The molecule has 0 aromatic carbocycles. The number of aliphatic hydroxyl groups excluding tert-OH is 2. The molecule has 2 aliphatic carbocycles. The van der Waals surface area contributed by atoms with Crippen LogP contribution in [0.3, 0.4) is 0 Å². The molecular formula is C40H56O2. The van der Waals surface area contributed by atoms with Crippen LogP contribution in [0, 0.1) is 10.8 Å². The van der Waals surface area contributed by atoms with Crippen LogP contribution in [0.5, 0.6) is 0 Å². The van der Waals surface area contributed by atoms with E-state index in [-0.39, 0.29) is 23.0 Å². The third-order valence-electron chi connectivity index (χ3n) is 8.24. The van der Waals surface area contributed by atoms with E-state index >= 15 is 0 Å². The first-order valence-electron chi connectivity index (χ1n) is 15.5. The van der Waals surface area contributed by atoms with Gasteiger partial charge < -0.3 is 10.2 Å². The molecule has 0 spiro atoms. The SMILES string of the molecule is CC1=C(/C=C/C(C)=C\C=C/C(C)=C\C=C\C=C(C)/C=C/C=C(C)\C=C\C2=C(C)C[C@H](O)CC2(C)C)C(C)(C)C[C@H](O)C1. The minimum Gasteiger partial charge on any atom is -0.393 e. The van der Waals surface area contributed by atoms with Gasteiger partial charge in [0.25, 0.3) is 0 Å². The van der Waals surface area contributed by atoms with Gasteiger partial charge in [-0.15, -0.1) is 0 Å². The molecule has 0 fully saturated rings. The van der Waals surface area contributed by atoms with Crippen LogP contribution in [-0.4, -0.2) is 22.4 Å². The van der Waals surface area contributed by atoms with Crippen LogP contribution in [0.25, 0.3) is 0 Å². The van der Waals surface area contributed by atoms with Gasteiger partial charge >= 0.3 is 0 Å². The Bertz CT molecular complexity index is 1190. The lowest BCUT2D eigenvalue weighted by Gasteiger charge is -2.35. The highest BCUT2D eigenvalue weighted by atomic mass is 16.3. The Morgan fingerprint density at radius 3 is 1.19 bits per heavy atom. The highest BCUT2D eigenvalue weighted by Crippen LogP contribution is 2.42. The summed E-state index contributed by atoms with van der Waals surface area (Å²) in [7, 11) is 0. The topological polar surface area (TPSA) is 40.5 Å². The predicted molar refractivity (Wildman–Crippen MR) is 184 cm³/mol. The van der Waals surface area contributed by atoms with Crippen LogP contribution >= 0.6 is 0 Å². The van der Waals surface area contributed by atoms with Gasteiger partial charge in [-0.3, -0.25) is 0 Å². The summed E-state index contributed by atoms with van der Waals surface area (Å²) in [5.41, 5.74) is 10.1. The molecule has 2 nitrogen and oxygen atoms in total. The van der Waals surface area contributed by atoms with Crippen molar-refractivity contribution in [3.05, 3.63) is 130 Å². The quantitative estimate of drug-likeness (QED) is 0.257. The van der Waals surface area contributed by atoms with Gasteiger partial charge in [0.1, 0.15) is 0 Å². The molecule has 0 saturated heterocycles. The highest BCUT2D eigenvalue weighted by molar-refractivity contribution is 5.39. The lowest BCUT2D eigenvalue weighted by atomic mass is 9.71. The second-order valence-corrected chi connectivity index (χ2v) is 13.7. The zero-order valence-electron chi connectivity index (χ0n) is 28.0. The minimum atomic E-state index is -0.227. The Morgan fingerprint density at radius 1 is 0.548 bits per heavy atom. The van der Waals surface area contributed by atoms with E-state index in [0.29, 0.717) is 0 Å². The monoisotopic (exact) mass is 568 g/mol. The zero-order valence-corrected chi connectivity index (χ0v) is 28.0. The van der Waals surface area contributed by atoms with Gasteiger partial charge in [0.05, 0.1) is 12.2 Å². The maximum Gasteiger partial charge on any atom is 0.0585 e. The lowest BCUT2D eigenvalue weighted by molar-refractivity contribution is 0.116. The van der Waals surface area contributed by atoms with Crippen molar-refractivity contribution >= 4 is 0 Å². The molecule has 2 aliphatic rings. The Kier molecular flexibility index (Phi) is 13.5. The van der Waals surface area contributed by atoms with E-state index in [1.165, 1.54) is 44.6 Å². The van der Waals surface area contributed by atoms with E-state index < -0.39 is 0 Å². The number of allylic oxidation sites excluding steroid dienone is 20. The van der Waals surface area contributed by atoms with Gasteiger partial charge in [0.2, 0.25) is 0 Å².